The lowest BCUT2D eigenvalue weighted by atomic mass is 9.85. The summed E-state index contributed by atoms with van der Waals surface area (Å²) in [5.74, 6) is -0.484. The fourth-order valence-corrected chi connectivity index (χ4v) is 2.55. The van der Waals surface area contributed by atoms with Crippen LogP contribution in [0.1, 0.15) is 32.6 Å². The topological polar surface area (TPSA) is 60.9 Å². The normalized spacial score (nSPS) is 24.2. The first-order valence-corrected chi connectivity index (χ1v) is 6.13. The maximum atomic E-state index is 12.0. The number of carbonyl (C=O) groups excluding carboxylic acids is 1. The molecule has 0 aromatic rings. The summed E-state index contributed by atoms with van der Waals surface area (Å²) < 4.78 is 0. The Morgan fingerprint density at radius 2 is 1.82 bits per heavy atom. The number of rotatable bonds is 3. The summed E-state index contributed by atoms with van der Waals surface area (Å²) in [4.78, 5) is 25.5. The van der Waals surface area contributed by atoms with Gasteiger partial charge in [0.05, 0.1) is 0 Å². The molecule has 5 nitrogen and oxygen atoms in total. The molecule has 0 radical (unpaired) electrons. The van der Waals surface area contributed by atoms with Gasteiger partial charge >= 0.3 is 12.0 Å². The van der Waals surface area contributed by atoms with E-state index in [1.807, 2.05) is 0 Å². The fourth-order valence-electron chi connectivity index (χ4n) is 2.55. The smallest absolute Gasteiger partial charge is 0.323 e. The van der Waals surface area contributed by atoms with Crippen molar-refractivity contribution in [3.63, 3.8) is 0 Å². The van der Waals surface area contributed by atoms with Gasteiger partial charge in [-0.1, -0.05) is 19.8 Å². The molecule has 0 saturated heterocycles. The third-order valence-corrected chi connectivity index (χ3v) is 3.56. The molecule has 2 amide bonds. The Hall–Kier alpha value is -1.26. The van der Waals surface area contributed by atoms with Crippen LogP contribution in [0.25, 0.3) is 0 Å². The van der Waals surface area contributed by atoms with Crippen LogP contribution < -0.4 is 0 Å². The molecule has 2 unspecified atom stereocenters. The largest absolute Gasteiger partial charge is 0.480 e. The summed E-state index contributed by atoms with van der Waals surface area (Å²) in [5.41, 5.74) is 0. The van der Waals surface area contributed by atoms with Crippen LogP contribution in [0.3, 0.4) is 0 Å². The predicted molar refractivity (Wildman–Crippen MR) is 64.8 cm³/mol. The number of amides is 2. The van der Waals surface area contributed by atoms with Crippen LogP contribution in [0.4, 0.5) is 4.79 Å². The monoisotopic (exact) mass is 242 g/mol. The average molecular weight is 242 g/mol. The maximum absolute atomic E-state index is 12.0. The first-order chi connectivity index (χ1) is 7.93. The number of aliphatic carboxylic acids is 1. The molecule has 1 N–H and O–H groups in total. The minimum absolute atomic E-state index is 0.203. The van der Waals surface area contributed by atoms with E-state index in [1.54, 1.807) is 11.9 Å². The molecule has 0 aromatic heterocycles. The highest BCUT2D eigenvalue weighted by Gasteiger charge is 2.29. The lowest BCUT2D eigenvalue weighted by molar-refractivity contribution is -0.137. The van der Waals surface area contributed by atoms with Gasteiger partial charge in [-0.25, -0.2) is 4.79 Å². The highest BCUT2D eigenvalue weighted by molar-refractivity contribution is 5.79. The van der Waals surface area contributed by atoms with Gasteiger partial charge in [0, 0.05) is 20.1 Å². The highest BCUT2D eigenvalue weighted by Crippen LogP contribution is 2.27. The van der Waals surface area contributed by atoms with Gasteiger partial charge in [-0.05, 0) is 18.8 Å². The van der Waals surface area contributed by atoms with E-state index in [4.69, 9.17) is 5.11 Å². The Kier molecular flexibility index (Phi) is 4.78. The molecule has 0 aromatic carbocycles. The summed E-state index contributed by atoms with van der Waals surface area (Å²) in [6.07, 6.45) is 4.54. The summed E-state index contributed by atoms with van der Waals surface area (Å²) in [6, 6.07) is 0.0404. The number of carboxylic acid groups (broad SMARTS) is 1. The molecular weight excluding hydrogens is 220 g/mol. The Labute approximate surface area is 102 Å². The van der Waals surface area contributed by atoms with Crippen molar-refractivity contribution in [2.24, 2.45) is 5.92 Å². The zero-order valence-electron chi connectivity index (χ0n) is 10.8. The predicted octanol–water partition coefficient (Wildman–Crippen LogP) is 1.63. The van der Waals surface area contributed by atoms with Gasteiger partial charge in [0.2, 0.25) is 0 Å². The molecule has 98 valence electrons. The second-order valence-electron chi connectivity index (χ2n) is 4.97. The van der Waals surface area contributed by atoms with E-state index in [1.165, 1.54) is 18.4 Å². The van der Waals surface area contributed by atoms with Crippen molar-refractivity contribution in [3.8, 4) is 0 Å². The maximum Gasteiger partial charge on any atom is 0.323 e. The highest BCUT2D eigenvalue weighted by atomic mass is 16.4. The molecule has 0 heterocycles. The van der Waals surface area contributed by atoms with Crippen molar-refractivity contribution < 1.29 is 14.7 Å². The van der Waals surface area contributed by atoms with E-state index < -0.39 is 5.97 Å². The molecule has 17 heavy (non-hydrogen) atoms. The molecule has 1 aliphatic carbocycles. The minimum atomic E-state index is -0.981. The van der Waals surface area contributed by atoms with E-state index in [2.05, 4.69) is 6.92 Å². The number of nitrogens with zero attached hydrogens (tertiary/aromatic N) is 2. The standard InChI is InChI=1S/C12H22N2O3/c1-9-6-4-5-7-10(9)14(3)12(17)13(2)8-11(15)16/h9-10H,4-8H2,1-3H3,(H,15,16). The molecule has 1 rings (SSSR count). The van der Waals surface area contributed by atoms with Gasteiger partial charge in [0.15, 0.2) is 0 Å². The zero-order valence-corrected chi connectivity index (χ0v) is 10.8. The van der Waals surface area contributed by atoms with Crippen LogP contribution in [-0.4, -0.2) is 53.6 Å². The number of likely N-dealkylation sites (N-methyl/N-ethyl adjacent to an activating group) is 1. The molecule has 5 heteroatoms. The van der Waals surface area contributed by atoms with Gasteiger partial charge < -0.3 is 14.9 Å². The second kappa shape index (κ2) is 5.89. The third kappa shape index (κ3) is 3.61. The lowest BCUT2D eigenvalue weighted by Gasteiger charge is -2.37. The second-order valence-corrected chi connectivity index (χ2v) is 4.97. The summed E-state index contributed by atoms with van der Waals surface area (Å²) in [5, 5.41) is 8.66. The molecule has 1 saturated carbocycles. The molecule has 0 bridgehead atoms. The van der Waals surface area contributed by atoms with Crippen molar-refractivity contribution in [1.29, 1.82) is 0 Å². The molecule has 0 aliphatic heterocycles. The van der Waals surface area contributed by atoms with Crippen LogP contribution >= 0.6 is 0 Å². The van der Waals surface area contributed by atoms with Crippen molar-refractivity contribution in [2.75, 3.05) is 20.6 Å². The van der Waals surface area contributed by atoms with Gasteiger partial charge in [0.1, 0.15) is 6.54 Å². The summed E-state index contributed by atoms with van der Waals surface area (Å²) in [7, 11) is 3.30. The Bertz CT molecular complexity index is 293. The molecule has 1 aliphatic rings. The third-order valence-electron chi connectivity index (χ3n) is 3.56. The van der Waals surface area contributed by atoms with Gasteiger partial charge in [0.25, 0.3) is 0 Å². The zero-order chi connectivity index (χ0) is 13.0. The first kappa shape index (κ1) is 13.8. The number of carboxylic acids is 1. The van der Waals surface area contributed by atoms with Crippen molar-refractivity contribution in [3.05, 3.63) is 0 Å². The number of urea groups is 1. The number of hydrogen-bond donors (Lipinski definition) is 1. The minimum Gasteiger partial charge on any atom is -0.480 e. The molecular formula is C12H22N2O3. The van der Waals surface area contributed by atoms with Crippen LogP contribution in [0.5, 0.6) is 0 Å². The summed E-state index contributed by atoms with van der Waals surface area (Å²) in [6.45, 7) is 1.91. The fraction of sp³-hybridized carbons (Fsp3) is 0.833. The van der Waals surface area contributed by atoms with Gasteiger partial charge in [-0.15, -0.1) is 0 Å². The van der Waals surface area contributed by atoms with Crippen LogP contribution in [0, 0.1) is 5.92 Å². The first-order valence-electron chi connectivity index (χ1n) is 6.13. The van der Waals surface area contributed by atoms with Crippen molar-refractivity contribution in [2.45, 2.75) is 38.6 Å². The van der Waals surface area contributed by atoms with Crippen LogP contribution in [-0.2, 0) is 4.79 Å². The van der Waals surface area contributed by atoms with Crippen molar-refractivity contribution >= 4 is 12.0 Å². The Morgan fingerprint density at radius 1 is 1.24 bits per heavy atom. The van der Waals surface area contributed by atoms with Gasteiger partial charge in [-0.2, -0.15) is 0 Å². The summed E-state index contributed by atoms with van der Waals surface area (Å²) >= 11 is 0. The van der Waals surface area contributed by atoms with E-state index >= 15 is 0 Å². The van der Waals surface area contributed by atoms with E-state index in [0.29, 0.717) is 5.92 Å². The SMILES string of the molecule is CC1CCCCC1N(C)C(=O)N(C)CC(=O)O. The van der Waals surface area contributed by atoms with E-state index in [9.17, 15) is 9.59 Å². The van der Waals surface area contributed by atoms with Crippen LogP contribution in [0.15, 0.2) is 0 Å². The van der Waals surface area contributed by atoms with E-state index in [0.717, 1.165) is 19.3 Å². The lowest BCUT2D eigenvalue weighted by Crippen LogP contribution is -2.48. The van der Waals surface area contributed by atoms with Crippen molar-refractivity contribution in [1.82, 2.24) is 9.80 Å². The van der Waals surface area contributed by atoms with Crippen LogP contribution in [0.2, 0.25) is 0 Å². The molecule has 0 spiro atoms. The Balaban J connectivity index is 2.58. The van der Waals surface area contributed by atoms with Gasteiger partial charge in [-0.3, -0.25) is 4.79 Å². The quantitative estimate of drug-likeness (QED) is 0.818. The molecule has 2 atom stereocenters. The average Bonchev–Trinajstić information content (AvgIpc) is 2.27. The number of hydrogen-bond acceptors (Lipinski definition) is 2. The Morgan fingerprint density at radius 3 is 2.35 bits per heavy atom. The van der Waals surface area contributed by atoms with E-state index in [-0.39, 0.29) is 18.6 Å². The molecule has 1 fully saturated rings. The number of carbonyl (C=O) groups is 2.